The zero-order valence-corrected chi connectivity index (χ0v) is 12.4. The Morgan fingerprint density at radius 2 is 2.30 bits per heavy atom. The van der Waals surface area contributed by atoms with Gasteiger partial charge in [0, 0.05) is 24.2 Å². The highest BCUT2D eigenvalue weighted by Gasteiger charge is 2.26. The van der Waals surface area contributed by atoms with Crippen LogP contribution in [0.25, 0.3) is 0 Å². The summed E-state index contributed by atoms with van der Waals surface area (Å²) < 4.78 is 13.5. The van der Waals surface area contributed by atoms with Crippen LogP contribution in [0.5, 0.6) is 5.75 Å². The Morgan fingerprint density at radius 3 is 2.95 bits per heavy atom. The molecule has 2 atom stereocenters. The van der Waals surface area contributed by atoms with Crippen LogP contribution in [-0.4, -0.2) is 35.7 Å². The molecular weight excluding hydrogens is 255 g/mol. The standard InChI is InChI=1S/C16H25FN2O/c1-3-9-19(14-5-4-8-18-11-14)12(2)15-10-13(17)6-7-16(15)20/h6-7,10,12,14,18,20H,3-5,8-9,11H2,1-2H3. The number of hydrogen-bond acceptors (Lipinski definition) is 3. The van der Waals surface area contributed by atoms with Crippen molar-refractivity contribution in [2.75, 3.05) is 19.6 Å². The van der Waals surface area contributed by atoms with Crippen molar-refractivity contribution in [3.8, 4) is 5.75 Å². The van der Waals surface area contributed by atoms with E-state index in [-0.39, 0.29) is 17.6 Å². The molecule has 112 valence electrons. The van der Waals surface area contributed by atoms with Crippen LogP contribution in [-0.2, 0) is 0 Å². The van der Waals surface area contributed by atoms with Gasteiger partial charge in [0.25, 0.3) is 0 Å². The Morgan fingerprint density at radius 1 is 1.50 bits per heavy atom. The van der Waals surface area contributed by atoms with Crippen molar-refractivity contribution in [3.05, 3.63) is 29.6 Å². The lowest BCUT2D eigenvalue weighted by Gasteiger charge is -2.39. The minimum Gasteiger partial charge on any atom is -0.508 e. The summed E-state index contributed by atoms with van der Waals surface area (Å²) in [7, 11) is 0. The fourth-order valence-electron chi connectivity index (χ4n) is 3.11. The molecule has 1 saturated heterocycles. The molecule has 1 aliphatic heterocycles. The number of piperidine rings is 1. The number of phenolic OH excluding ortho intramolecular Hbond substituents is 1. The van der Waals surface area contributed by atoms with Gasteiger partial charge in [-0.1, -0.05) is 6.92 Å². The van der Waals surface area contributed by atoms with Gasteiger partial charge in [-0.05, 0) is 57.5 Å². The van der Waals surface area contributed by atoms with E-state index >= 15 is 0 Å². The van der Waals surface area contributed by atoms with E-state index in [0.29, 0.717) is 11.6 Å². The van der Waals surface area contributed by atoms with Crippen LogP contribution in [0.2, 0.25) is 0 Å². The van der Waals surface area contributed by atoms with E-state index in [1.807, 2.05) is 0 Å². The second-order valence-corrected chi connectivity index (χ2v) is 5.62. The zero-order valence-electron chi connectivity index (χ0n) is 12.4. The third-order valence-electron chi connectivity index (χ3n) is 4.16. The second kappa shape index (κ2) is 7.04. The van der Waals surface area contributed by atoms with Crippen molar-refractivity contribution < 1.29 is 9.50 Å². The van der Waals surface area contributed by atoms with E-state index in [4.69, 9.17) is 0 Å². The smallest absolute Gasteiger partial charge is 0.123 e. The molecule has 0 saturated carbocycles. The lowest BCUT2D eigenvalue weighted by Crippen LogP contribution is -2.47. The topological polar surface area (TPSA) is 35.5 Å². The van der Waals surface area contributed by atoms with Gasteiger partial charge in [-0.15, -0.1) is 0 Å². The van der Waals surface area contributed by atoms with Crippen LogP contribution < -0.4 is 5.32 Å². The van der Waals surface area contributed by atoms with Crippen molar-refractivity contribution in [3.63, 3.8) is 0 Å². The number of halogens is 1. The molecular formula is C16H25FN2O. The molecule has 1 aromatic carbocycles. The Hall–Kier alpha value is -1.13. The SMILES string of the molecule is CCCN(C1CCCNC1)C(C)c1cc(F)ccc1O. The Kier molecular flexibility index (Phi) is 5.38. The zero-order chi connectivity index (χ0) is 14.5. The lowest BCUT2D eigenvalue weighted by atomic mass is 9.99. The van der Waals surface area contributed by atoms with Crippen LogP contribution in [0, 0.1) is 5.82 Å². The van der Waals surface area contributed by atoms with Gasteiger partial charge < -0.3 is 10.4 Å². The van der Waals surface area contributed by atoms with E-state index in [2.05, 4.69) is 24.1 Å². The molecule has 0 aromatic heterocycles. The van der Waals surface area contributed by atoms with Gasteiger partial charge in [0.05, 0.1) is 0 Å². The fourth-order valence-corrected chi connectivity index (χ4v) is 3.11. The van der Waals surface area contributed by atoms with Crippen LogP contribution >= 0.6 is 0 Å². The Bertz CT molecular complexity index is 432. The fraction of sp³-hybridized carbons (Fsp3) is 0.625. The Balaban J connectivity index is 2.20. The van der Waals surface area contributed by atoms with Crippen LogP contribution in [0.3, 0.4) is 0 Å². The molecule has 0 spiro atoms. The minimum atomic E-state index is -0.289. The first-order valence-corrected chi connectivity index (χ1v) is 7.58. The predicted octanol–water partition coefficient (Wildman–Crippen LogP) is 3.06. The normalized spacial score (nSPS) is 21.1. The van der Waals surface area contributed by atoms with E-state index in [0.717, 1.165) is 32.5 Å². The van der Waals surface area contributed by atoms with E-state index < -0.39 is 0 Å². The summed E-state index contributed by atoms with van der Waals surface area (Å²) in [6, 6.07) is 4.69. The number of rotatable bonds is 5. The molecule has 4 heteroatoms. The van der Waals surface area contributed by atoms with Gasteiger partial charge in [0.2, 0.25) is 0 Å². The van der Waals surface area contributed by atoms with Gasteiger partial charge in [-0.2, -0.15) is 0 Å². The van der Waals surface area contributed by atoms with Crippen molar-refractivity contribution in [1.29, 1.82) is 0 Å². The quantitative estimate of drug-likeness (QED) is 0.870. The highest BCUT2D eigenvalue weighted by molar-refractivity contribution is 5.35. The molecule has 1 fully saturated rings. The highest BCUT2D eigenvalue weighted by atomic mass is 19.1. The van der Waals surface area contributed by atoms with Gasteiger partial charge in [-0.3, -0.25) is 4.90 Å². The molecule has 2 rings (SSSR count). The summed E-state index contributed by atoms with van der Waals surface area (Å²) in [5.74, 6) is -0.105. The molecule has 2 N–H and O–H groups in total. The molecule has 0 amide bonds. The van der Waals surface area contributed by atoms with Crippen LogP contribution in [0.15, 0.2) is 18.2 Å². The first kappa shape index (κ1) is 15.3. The second-order valence-electron chi connectivity index (χ2n) is 5.62. The average Bonchev–Trinajstić information content (AvgIpc) is 2.47. The van der Waals surface area contributed by atoms with E-state index in [1.54, 1.807) is 0 Å². The van der Waals surface area contributed by atoms with Gasteiger partial charge in [0.15, 0.2) is 0 Å². The highest BCUT2D eigenvalue weighted by Crippen LogP contribution is 2.31. The lowest BCUT2D eigenvalue weighted by molar-refractivity contribution is 0.119. The Labute approximate surface area is 120 Å². The third-order valence-corrected chi connectivity index (χ3v) is 4.16. The number of nitrogens with zero attached hydrogens (tertiary/aromatic N) is 1. The average molecular weight is 280 g/mol. The van der Waals surface area contributed by atoms with Gasteiger partial charge >= 0.3 is 0 Å². The summed E-state index contributed by atoms with van der Waals surface area (Å²) in [6.07, 6.45) is 3.39. The molecule has 1 aromatic rings. The number of hydrogen-bond donors (Lipinski definition) is 2. The van der Waals surface area contributed by atoms with Gasteiger partial charge in [-0.25, -0.2) is 4.39 Å². The maximum absolute atomic E-state index is 13.5. The summed E-state index contributed by atoms with van der Waals surface area (Å²) in [6.45, 7) is 7.22. The summed E-state index contributed by atoms with van der Waals surface area (Å²) in [4.78, 5) is 2.39. The molecule has 0 aliphatic carbocycles. The molecule has 20 heavy (non-hydrogen) atoms. The summed E-state index contributed by atoms with van der Waals surface area (Å²) in [5.41, 5.74) is 0.684. The predicted molar refractivity (Wildman–Crippen MR) is 79.4 cm³/mol. The summed E-state index contributed by atoms with van der Waals surface area (Å²) >= 11 is 0. The summed E-state index contributed by atoms with van der Waals surface area (Å²) in [5, 5.41) is 13.4. The first-order valence-electron chi connectivity index (χ1n) is 7.58. The number of phenols is 1. The van der Waals surface area contributed by atoms with Crippen LogP contribution in [0.1, 0.15) is 44.7 Å². The van der Waals surface area contributed by atoms with E-state index in [1.165, 1.54) is 24.6 Å². The molecule has 1 heterocycles. The molecule has 0 radical (unpaired) electrons. The first-order chi connectivity index (χ1) is 9.63. The monoisotopic (exact) mass is 280 g/mol. The maximum atomic E-state index is 13.5. The molecule has 3 nitrogen and oxygen atoms in total. The van der Waals surface area contributed by atoms with Crippen molar-refractivity contribution >= 4 is 0 Å². The largest absolute Gasteiger partial charge is 0.508 e. The molecule has 0 bridgehead atoms. The maximum Gasteiger partial charge on any atom is 0.123 e. The number of nitrogens with one attached hydrogen (secondary N) is 1. The number of benzene rings is 1. The number of aromatic hydroxyl groups is 1. The van der Waals surface area contributed by atoms with E-state index in [9.17, 15) is 9.50 Å². The van der Waals surface area contributed by atoms with Gasteiger partial charge in [0.1, 0.15) is 11.6 Å². The molecule has 2 unspecified atom stereocenters. The minimum absolute atomic E-state index is 0.0237. The molecule has 1 aliphatic rings. The van der Waals surface area contributed by atoms with Crippen LogP contribution in [0.4, 0.5) is 4.39 Å². The van der Waals surface area contributed by atoms with Crippen molar-refractivity contribution in [2.24, 2.45) is 0 Å². The van der Waals surface area contributed by atoms with Crippen molar-refractivity contribution in [1.82, 2.24) is 10.2 Å². The third kappa shape index (κ3) is 3.49. The van der Waals surface area contributed by atoms with Crippen molar-refractivity contribution in [2.45, 2.75) is 45.2 Å².